The largest absolute Gasteiger partial charge is 0.303 e. The zero-order chi connectivity index (χ0) is 6.91. The Morgan fingerprint density at radius 3 is 2.67 bits per heavy atom. The molecule has 48 valence electrons. The van der Waals surface area contributed by atoms with E-state index >= 15 is 0 Å². The molecule has 0 fully saturated rings. The monoisotopic (exact) mass is 123 g/mol. The lowest BCUT2D eigenvalue weighted by molar-refractivity contribution is 0.446. The number of rotatable bonds is 0. The van der Waals surface area contributed by atoms with Crippen molar-refractivity contribution in [1.82, 2.24) is 5.43 Å². The molecule has 0 aromatic rings. The second-order valence-corrected chi connectivity index (χ2v) is 2.84. The normalized spacial score (nSPS) is 22.1. The van der Waals surface area contributed by atoms with Crippen LogP contribution in [0.15, 0.2) is 5.10 Å². The van der Waals surface area contributed by atoms with Gasteiger partial charge < -0.3 is 5.43 Å². The second kappa shape index (κ2) is 1.73. The van der Waals surface area contributed by atoms with Crippen molar-refractivity contribution >= 4 is 5.71 Å². The standard InChI is InChI=1S/C6H9N3/c1-6(2)3-5(4-7)8-9-6/h9H,3H2,1-2H3. The van der Waals surface area contributed by atoms with Gasteiger partial charge in [-0.05, 0) is 13.8 Å². The minimum atomic E-state index is -0.00887. The highest BCUT2D eigenvalue weighted by molar-refractivity contribution is 6.00. The van der Waals surface area contributed by atoms with E-state index in [1.54, 1.807) is 0 Å². The highest BCUT2D eigenvalue weighted by atomic mass is 15.3. The van der Waals surface area contributed by atoms with Gasteiger partial charge in [-0.2, -0.15) is 10.4 Å². The molecule has 0 radical (unpaired) electrons. The van der Waals surface area contributed by atoms with Gasteiger partial charge in [0.25, 0.3) is 0 Å². The maximum atomic E-state index is 8.38. The second-order valence-electron chi connectivity index (χ2n) is 2.84. The average Bonchev–Trinajstić information content (AvgIpc) is 2.10. The van der Waals surface area contributed by atoms with Crippen molar-refractivity contribution in [2.75, 3.05) is 0 Å². The van der Waals surface area contributed by atoms with Crippen LogP contribution in [0.1, 0.15) is 20.3 Å². The van der Waals surface area contributed by atoms with Crippen LogP contribution < -0.4 is 5.43 Å². The van der Waals surface area contributed by atoms with E-state index < -0.39 is 0 Å². The molecule has 0 aromatic carbocycles. The summed E-state index contributed by atoms with van der Waals surface area (Å²) in [5.41, 5.74) is 3.45. The fraction of sp³-hybridized carbons (Fsp3) is 0.667. The van der Waals surface area contributed by atoms with Gasteiger partial charge in [-0.3, -0.25) is 0 Å². The lowest BCUT2D eigenvalue weighted by Crippen LogP contribution is -2.30. The minimum absolute atomic E-state index is 0.00887. The van der Waals surface area contributed by atoms with Gasteiger partial charge in [0.15, 0.2) is 0 Å². The molecule has 1 N–H and O–H groups in total. The third-order valence-corrected chi connectivity index (χ3v) is 1.23. The third-order valence-electron chi connectivity index (χ3n) is 1.23. The highest BCUT2D eigenvalue weighted by Crippen LogP contribution is 2.14. The number of nitriles is 1. The molecule has 3 heteroatoms. The van der Waals surface area contributed by atoms with E-state index in [4.69, 9.17) is 5.26 Å². The Morgan fingerprint density at radius 2 is 2.44 bits per heavy atom. The van der Waals surface area contributed by atoms with E-state index in [9.17, 15) is 0 Å². The summed E-state index contributed by atoms with van der Waals surface area (Å²) in [5, 5.41) is 12.2. The van der Waals surface area contributed by atoms with Crippen molar-refractivity contribution in [3.63, 3.8) is 0 Å². The third kappa shape index (κ3) is 1.20. The Kier molecular flexibility index (Phi) is 1.17. The number of hydrazone groups is 1. The summed E-state index contributed by atoms with van der Waals surface area (Å²) in [7, 11) is 0. The van der Waals surface area contributed by atoms with Crippen LogP contribution >= 0.6 is 0 Å². The molecule has 0 saturated carbocycles. The van der Waals surface area contributed by atoms with Gasteiger partial charge in [0.2, 0.25) is 0 Å². The summed E-state index contributed by atoms with van der Waals surface area (Å²) in [5.74, 6) is 0. The summed E-state index contributed by atoms with van der Waals surface area (Å²) in [6.45, 7) is 4.03. The van der Waals surface area contributed by atoms with Gasteiger partial charge in [0, 0.05) is 6.42 Å². The molecule has 0 amide bonds. The molecule has 0 spiro atoms. The highest BCUT2D eigenvalue weighted by Gasteiger charge is 2.24. The summed E-state index contributed by atoms with van der Waals surface area (Å²) >= 11 is 0. The molecule has 1 heterocycles. The Morgan fingerprint density at radius 1 is 1.78 bits per heavy atom. The molecule has 1 rings (SSSR count). The van der Waals surface area contributed by atoms with E-state index in [1.807, 2.05) is 19.9 Å². The van der Waals surface area contributed by atoms with Crippen LogP contribution in [0.25, 0.3) is 0 Å². The van der Waals surface area contributed by atoms with Crippen LogP contribution in [-0.2, 0) is 0 Å². The van der Waals surface area contributed by atoms with Crippen LogP contribution in [0.4, 0.5) is 0 Å². The fourth-order valence-electron chi connectivity index (χ4n) is 0.781. The number of nitrogens with zero attached hydrogens (tertiary/aromatic N) is 2. The maximum absolute atomic E-state index is 8.38. The number of hydrogen-bond acceptors (Lipinski definition) is 3. The topological polar surface area (TPSA) is 48.2 Å². The molecule has 0 unspecified atom stereocenters. The van der Waals surface area contributed by atoms with Crippen molar-refractivity contribution in [2.45, 2.75) is 25.8 Å². The molecule has 3 nitrogen and oxygen atoms in total. The van der Waals surface area contributed by atoms with E-state index in [0.29, 0.717) is 5.71 Å². The van der Waals surface area contributed by atoms with Crippen LogP contribution in [0.2, 0.25) is 0 Å². The first-order valence-corrected chi connectivity index (χ1v) is 2.88. The first-order valence-electron chi connectivity index (χ1n) is 2.88. The van der Waals surface area contributed by atoms with Gasteiger partial charge in [-0.15, -0.1) is 0 Å². The predicted molar refractivity (Wildman–Crippen MR) is 34.9 cm³/mol. The Labute approximate surface area is 54.4 Å². The van der Waals surface area contributed by atoms with E-state index in [2.05, 4.69) is 10.5 Å². The van der Waals surface area contributed by atoms with Crippen LogP contribution in [0, 0.1) is 11.3 Å². The molecule has 0 saturated heterocycles. The van der Waals surface area contributed by atoms with E-state index in [1.165, 1.54) is 0 Å². The average molecular weight is 123 g/mol. The molecular formula is C6H9N3. The summed E-state index contributed by atoms with van der Waals surface area (Å²) < 4.78 is 0. The van der Waals surface area contributed by atoms with Gasteiger partial charge in [-0.25, -0.2) is 0 Å². The van der Waals surface area contributed by atoms with E-state index in [-0.39, 0.29) is 5.54 Å². The van der Waals surface area contributed by atoms with Crippen molar-refractivity contribution < 1.29 is 0 Å². The van der Waals surface area contributed by atoms with Crippen molar-refractivity contribution in [3.05, 3.63) is 0 Å². The summed E-state index contributed by atoms with van der Waals surface area (Å²) in [6, 6.07) is 2.01. The minimum Gasteiger partial charge on any atom is -0.303 e. The van der Waals surface area contributed by atoms with Crippen LogP contribution in [0.3, 0.4) is 0 Å². The summed E-state index contributed by atoms with van der Waals surface area (Å²) in [4.78, 5) is 0. The van der Waals surface area contributed by atoms with Crippen molar-refractivity contribution in [2.24, 2.45) is 5.10 Å². The lowest BCUT2D eigenvalue weighted by atomic mass is 10.0. The quantitative estimate of drug-likeness (QED) is 0.513. The number of nitrogens with one attached hydrogen (secondary N) is 1. The van der Waals surface area contributed by atoms with Crippen molar-refractivity contribution in [1.29, 1.82) is 5.26 Å². The SMILES string of the molecule is CC1(C)CC(C#N)=NN1. The van der Waals surface area contributed by atoms with Gasteiger partial charge >= 0.3 is 0 Å². The van der Waals surface area contributed by atoms with Crippen LogP contribution in [-0.4, -0.2) is 11.3 Å². The fourth-order valence-corrected chi connectivity index (χ4v) is 0.781. The van der Waals surface area contributed by atoms with Gasteiger partial charge in [0.1, 0.15) is 11.8 Å². The first kappa shape index (κ1) is 6.09. The van der Waals surface area contributed by atoms with Gasteiger partial charge in [0.05, 0.1) is 5.54 Å². The Balaban J connectivity index is 2.63. The van der Waals surface area contributed by atoms with Crippen LogP contribution in [0.5, 0.6) is 0 Å². The van der Waals surface area contributed by atoms with Gasteiger partial charge in [-0.1, -0.05) is 0 Å². The zero-order valence-corrected chi connectivity index (χ0v) is 5.60. The smallest absolute Gasteiger partial charge is 0.139 e. The molecule has 0 bridgehead atoms. The zero-order valence-electron chi connectivity index (χ0n) is 5.60. The van der Waals surface area contributed by atoms with Crippen molar-refractivity contribution in [3.8, 4) is 6.07 Å². The number of hydrogen-bond donors (Lipinski definition) is 1. The molecule has 0 atom stereocenters. The molecule has 1 aliphatic rings. The predicted octanol–water partition coefficient (Wildman–Crippen LogP) is 0.638. The molecule has 0 aromatic heterocycles. The first-order chi connectivity index (χ1) is 4.14. The molecule has 1 aliphatic heterocycles. The molecular weight excluding hydrogens is 114 g/mol. The lowest BCUT2D eigenvalue weighted by Gasteiger charge is -2.14. The Bertz CT molecular complexity index is 185. The molecule has 0 aliphatic carbocycles. The van der Waals surface area contributed by atoms with E-state index in [0.717, 1.165) is 6.42 Å². The Hall–Kier alpha value is -1.04. The molecule has 9 heavy (non-hydrogen) atoms. The maximum Gasteiger partial charge on any atom is 0.139 e. The summed E-state index contributed by atoms with van der Waals surface area (Å²) in [6.07, 6.45) is 0.740.